The predicted octanol–water partition coefficient (Wildman–Crippen LogP) is 3.48. The van der Waals surface area contributed by atoms with Crippen molar-refractivity contribution in [3.05, 3.63) is 54.2 Å². The zero-order chi connectivity index (χ0) is 18.9. The Bertz CT molecular complexity index is 707. The largest absolute Gasteiger partial charge is 0.442 e. The van der Waals surface area contributed by atoms with Gasteiger partial charge in [-0.2, -0.15) is 0 Å². The number of hydrogen-bond donors (Lipinski definition) is 0. The monoisotopic (exact) mass is 370 g/mol. The summed E-state index contributed by atoms with van der Waals surface area (Å²) < 4.78 is 10.6. The highest BCUT2D eigenvalue weighted by Crippen LogP contribution is 2.23. The van der Waals surface area contributed by atoms with Crippen LogP contribution in [-0.4, -0.2) is 41.3 Å². The molecule has 1 aromatic carbocycles. The maximum absolute atomic E-state index is 12.3. The quantitative estimate of drug-likeness (QED) is 0.632. The molecule has 0 spiro atoms. The molecule has 1 aliphatic heterocycles. The van der Waals surface area contributed by atoms with Gasteiger partial charge in [0.05, 0.1) is 12.8 Å². The number of piperidine rings is 1. The van der Waals surface area contributed by atoms with Crippen LogP contribution in [0.15, 0.2) is 47.2 Å². The van der Waals surface area contributed by atoms with E-state index < -0.39 is 0 Å². The third-order valence-corrected chi connectivity index (χ3v) is 4.99. The molecule has 144 valence electrons. The molecular formula is C21H26N2O4. The van der Waals surface area contributed by atoms with Gasteiger partial charge in [0, 0.05) is 19.5 Å². The Morgan fingerprint density at radius 3 is 2.67 bits per heavy atom. The summed E-state index contributed by atoms with van der Waals surface area (Å²) in [6.07, 6.45) is 7.17. The van der Waals surface area contributed by atoms with Crippen LogP contribution in [0.5, 0.6) is 0 Å². The van der Waals surface area contributed by atoms with Gasteiger partial charge in [-0.1, -0.05) is 30.3 Å². The maximum Gasteiger partial charge on any atom is 0.263 e. The normalized spacial score (nSPS) is 15.0. The average Bonchev–Trinajstić information content (AvgIpc) is 3.24. The standard InChI is InChI=1S/C21H26N2O4/c24-19(21-22-11-14-27-21)8-4-7-17-9-12-23(13-10-17)20(25)16-26-15-18-5-2-1-3-6-18/h1-3,5-6,11,14,17H,4,7-10,12-13,15-16H2. The Morgan fingerprint density at radius 2 is 1.96 bits per heavy atom. The van der Waals surface area contributed by atoms with Crippen molar-refractivity contribution in [3.8, 4) is 0 Å². The van der Waals surface area contributed by atoms with E-state index in [4.69, 9.17) is 9.15 Å². The van der Waals surface area contributed by atoms with Gasteiger partial charge in [-0.25, -0.2) is 4.98 Å². The van der Waals surface area contributed by atoms with E-state index in [-0.39, 0.29) is 24.2 Å². The predicted molar refractivity (Wildman–Crippen MR) is 100 cm³/mol. The number of Topliss-reactive ketones (excluding diaryl/α,β-unsaturated/α-hetero) is 1. The molecule has 6 nitrogen and oxygen atoms in total. The van der Waals surface area contributed by atoms with Crippen LogP contribution in [-0.2, 0) is 16.1 Å². The molecule has 27 heavy (non-hydrogen) atoms. The minimum atomic E-state index is -0.0387. The van der Waals surface area contributed by atoms with Crippen molar-refractivity contribution >= 4 is 11.7 Å². The first-order chi connectivity index (χ1) is 13.2. The van der Waals surface area contributed by atoms with Crippen molar-refractivity contribution in [3.63, 3.8) is 0 Å². The lowest BCUT2D eigenvalue weighted by molar-refractivity contribution is -0.138. The number of amides is 1. The molecule has 1 saturated heterocycles. The molecule has 0 saturated carbocycles. The van der Waals surface area contributed by atoms with Crippen molar-refractivity contribution in [2.45, 2.75) is 38.7 Å². The number of likely N-dealkylation sites (tertiary alicyclic amines) is 1. The summed E-state index contributed by atoms with van der Waals surface area (Å²) in [5.74, 6) is 0.786. The van der Waals surface area contributed by atoms with E-state index in [0.717, 1.165) is 44.3 Å². The first kappa shape index (κ1) is 19.3. The van der Waals surface area contributed by atoms with Crippen molar-refractivity contribution in [1.29, 1.82) is 0 Å². The maximum atomic E-state index is 12.3. The number of carbonyl (C=O) groups is 2. The fourth-order valence-electron chi connectivity index (χ4n) is 3.41. The Morgan fingerprint density at radius 1 is 1.19 bits per heavy atom. The first-order valence-corrected chi connectivity index (χ1v) is 9.54. The Kier molecular flexibility index (Phi) is 7.16. The second-order valence-corrected chi connectivity index (χ2v) is 6.96. The van der Waals surface area contributed by atoms with Crippen LogP contribution in [0.4, 0.5) is 0 Å². The Hall–Kier alpha value is -2.47. The summed E-state index contributed by atoms with van der Waals surface area (Å²) in [7, 11) is 0. The lowest BCUT2D eigenvalue weighted by Crippen LogP contribution is -2.40. The van der Waals surface area contributed by atoms with E-state index in [1.54, 1.807) is 0 Å². The van der Waals surface area contributed by atoms with E-state index in [2.05, 4.69) is 4.98 Å². The third-order valence-electron chi connectivity index (χ3n) is 4.99. The third kappa shape index (κ3) is 6.03. The number of rotatable bonds is 9. The number of ether oxygens (including phenoxy) is 1. The number of carbonyl (C=O) groups excluding carboxylic acids is 2. The Labute approximate surface area is 159 Å². The summed E-state index contributed by atoms with van der Waals surface area (Å²) in [5.41, 5.74) is 1.07. The first-order valence-electron chi connectivity index (χ1n) is 9.54. The topological polar surface area (TPSA) is 72.6 Å². The van der Waals surface area contributed by atoms with Gasteiger partial charge in [-0.3, -0.25) is 9.59 Å². The fourth-order valence-corrected chi connectivity index (χ4v) is 3.41. The molecule has 0 unspecified atom stereocenters. The number of nitrogens with zero attached hydrogens (tertiary/aromatic N) is 2. The molecule has 0 radical (unpaired) electrons. The van der Waals surface area contributed by atoms with Crippen molar-refractivity contribution in [2.24, 2.45) is 5.92 Å². The van der Waals surface area contributed by atoms with Crippen LogP contribution in [0, 0.1) is 5.92 Å². The molecule has 0 aliphatic carbocycles. The van der Waals surface area contributed by atoms with E-state index in [1.807, 2.05) is 35.2 Å². The summed E-state index contributed by atoms with van der Waals surface area (Å²) in [6, 6.07) is 9.86. The highest BCUT2D eigenvalue weighted by Gasteiger charge is 2.23. The number of benzene rings is 1. The summed E-state index contributed by atoms with van der Waals surface area (Å²) in [4.78, 5) is 29.9. The molecule has 6 heteroatoms. The lowest BCUT2D eigenvalue weighted by atomic mass is 9.91. The molecule has 2 heterocycles. The number of ketones is 1. The van der Waals surface area contributed by atoms with Crippen LogP contribution in [0.3, 0.4) is 0 Å². The van der Waals surface area contributed by atoms with E-state index in [1.165, 1.54) is 12.5 Å². The summed E-state index contributed by atoms with van der Waals surface area (Å²) in [5, 5.41) is 0. The van der Waals surface area contributed by atoms with Gasteiger partial charge in [-0.15, -0.1) is 0 Å². The van der Waals surface area contributed by atoms with Crippen LogP contribution in [0.25, 0.3) is 0 Å². The van der Waals surface area contributed by atoms with E-state index in [0.29, 0.717) is 18.9 Å². The van der Waals surface area contributed by atoms with E-state index >= 15 is 0 Å². The molecule has 1 fully saturated rings. The Balaban J connectivity index is 1.29. The zero-order valence-corrected chi connectivity index (χ0v) is 15.5. The van der Waals surface area contributed by atoms with Crippen molar-refractivity contribution in [2.75, 3.05) is 19.7 Å². The SMILES string of the molecule is O=C(CCCC1CCN(C(=O)COCc2ccccc2)CC1)c1ncco1. The molecule has 0 atom stereocenters. The zero-order valence-electron chi connectivity index (χ0n) is 15.5. The molecule has 1 aliphatic rings. The molecule has 0 bridgehead atoms. The molecular weight excluding hydrogens is 344 g/mol. The van der Waals surface area contributed by atoms with Gasteiger partial charge in [0.1, 0.15) is 12.9 Å². The number of hydrogen-bond acceptors (Lipinski definition) is 5. The molecule has 2 aromatic rings. The fraction of sp³-hybridized carbons (Fsp3) is 0.476. The van der Waals surface area contributed by atoms with Gasteiger partial charge >= 0.3 is 0 Å². The number of oxazole rings is 1. The van der Waals surface area contributed by atoms with E-state index in [9.17, 15) is 9.59 Å². The summed E-state index contributed by atoms with van der Waals surface area (Å²) >= 11 is 0. The van der Waals surface area contributed by atoms with Crippen LogP contribution in [0.2, 0.25) is 0 Å². The molecule has 3 rings (SSSR count). The van der Waals surface area contributed by atoms with Gasteiger partial charge in [0.15, 0.2) is 0 Å². The molecule has 1 amide bonds. The minimum Gasteiger partial charge on any atom is -0.442 e. The van der Waals surface area contributed by atoms with Crippen LogP contribution < -0.4 is 0 Å². The molecule has 0 N–H and O–H groups in total. The lowest BCUT2D eigenvalue weighted by Gasteiger charge is -2.32. The summed E-state index contributed by atoms with van der Waals surface area (Å²) in [6.45, 7) is 2.13. The van der Waals surface area contributed by atoms with Crippen LogP contribution >= 0.6 is 0 Å². The van der Waals surface area contributed by atoms with Gasteiger partial charge in [-0.05, 0) is 37.2 Å². The second-order valence-electron chi connectivity index (χ2n) is 6.96. The average molecular weight is 370 g/mol. The van der Waals surface area contributed by atoms with Crippen molar-refractivity contribution < 1.29 is 18.7 Å². The minimum absolute atomic E-state index is 0.0387. The highest BCUT2D eigenvalue weighted by molar-refractivity contribution is 5.91. The van der Waals surface area contributed by atoms with Crippen LogP contribution in [0.1, 0.15) is 48.4 Å². The second kappa shape index (κ2) is 10.0. The van der Waals surface area contributed by atoms with Gasteiger partial charge < -0.3 is 14.1 Å². The smallest absolute Gasteiger partial charge is 0.263 e. The van der Waals surface area contributed by atoms with Gasteiger partial charge in [0.2, 0.25) is 11.7 Å². The highest BCUT2D eigenvalue weighted by atomic mass is 16.5. The van der Waals surface area contributed by atoms with Gasteiger partial charge in [0.25, 0.3) is 5.89 Å². The number of aromatic nitrogens is 1. The van der Waals surface area contributed by atoms with Crippen molar-refractivity contribution in [1.82, 2.24) is 9.88 Å². The molecule has 1 aromatic heterocycles.